The van der Waals surface area contributed by atoms with E-state index in [1.807, 2.05) is 23.1 Å². The molecular weight excluding hydrogens is 402 g/mol. The van der Waals surface area contributed by atoms with Crippen LogP contribution in [0, 0.1) is 0 Å². The van der Waals surface area contributed by atoms with Gasteiger partial charge in [0.05, 0.1) is 12.2 Å². The molecule has 3 aliphatic heterocycles. The summed E-state index contributed by atoms with van der Waals surface area (Å²) >= 11 is 0. The number of piperazine rings is 1. The van der Waals surface area contributed by atoms with Crippen LogP contribution < -0.4 is 5.32 Å². The van der Waals surface area contributed by atoms with Gasteiger partial charge in [0, 0.05) is 51.8 Å². The molecule has 3 aliphatic rings. The maximum absolute atomic E-state index is 11.7. The van der Waals surface area contributed by atoms with Crippen molar-refractivity contribution >= 4 is 17.4 Å². The van der Waals surface area contributed by atoms with Crippen molar-refractivity contribution in [3.63, 3.8) is 0 Å². The van der Waals surface area contributed by atoms with Crippen LogP contribution >= 0.6 is 0 Å². The number of phenols is 1. The van der Waals surface area contributed by atoms with Crippen LogP contribution in [0.15, 0.2) is 65.3 Å². The molecule has 1 unspecified atom stereocenters. The van der Waals surface area contributed by atoms with Gasteiger partial charge in [0.15, 0.2) is 6.17 Å². The van der Waals surface area contributed by atoms with Crippen LogP contribution in [-0.4, -0.2) is 77.0 Å². The zero-order valence-corrected chi connectivity index (χ0v) is 18.4. The van der Waals surface area contributed by atoms with Crippen molar-refractivity contribution < 1.29 is 9.90 Å². The Morgan fingerprint density at radius 3 is 2.44 bits per heavy atom. The fourth-order valence-electron chi connectivity index (χ4n) is 4.83. The second kappa shape index (κ2) is 8.57. The van der Waals surface area contributed by atoms with E-state index in [1.165, 1.54) is 17.0 Å². The van der Waals surface area contributed by atoms with Gasteiger partial charge in [0.2, 0.25) is 5.91 Å². The van der Waals surface area contributed by atoms with Crippen LogP contribution in [0.2, 0.25) is 0 Å². The first kappa shape index (κ1) is 20.4. The number of phenolic OH excluding ortho intramolecular Hbond substituents is 1. The maximum atomic E-state index is 11.7. The quantitative estimate of drug-likeness (QED) is 0.779. The highest BCUT2D eigenvalue weighted by atomic mass is 16.3. The Labute approximate surface area is 188 Å². The lowest BCUT2D eigenvalue weighted by Crippen LogP contribution is -2.59. The number of aliphatic imine (C=N–C) groups is 1. The first-order valence-corrected chi connectivity index (χ1v) is 11.2. The molecule has 32 heavy (non-hydrogen) atoms. The Balaban J connectivity index is 1.44. The van der Waals surface area contributed by atoms with Crippen LogP contribution in [0.25, 0.3) is 5.70 Å². The van der Waals surface area contributed by atoms with Crippen LogP contribution in [-0.2, 0) is 11.2 Å². The maximum Gasteiger partial charge on any atom is 0.219 e. The lowest BCUT2D eigenvalue weighted by molar-refractivity contribution is -0.130. The van der Waals surface area contributed by atoms with Gasteiger partial charge in [-0.25, -0.2) is 0 Å². The molecule has 1 amide bonds. The van der Waals surface area contributed by atoms with E-state index < -0.39 is 0 Å². The SMILES string of the molecule is CC(=O)N1CCN(C2=NCCN3C(c4ccc(O)cc4)=C(Cc4ccccc4)NC23)CC1. The number of rotatable bonds is 3. The van der Waals surface area contributed by atoms with E-state index in [2.05, 4.69) is 39.4 Å². The van der Waals surface area contributed by atoms with Gasteiger partial charge in [-0.3, -0.25) is 9.79 Å². The minimum absolute atomic E-state index is 0.0184. The van der Waals surface area contributed by atoms with E-state index in [0.717, 1.165) is 57.1 Å². The highest BCUT2D eigenvalue weighted by molar-refractivity contribution is 5.92. The van der Waals surface area contributed by atoms with Crippen molar-refractivity contribution in [3.8, 4) is 5.75 Å². The molecule has 1 atom stereocenters. The number of carbonyl (C=O) groups is 1. The number of hydrogen-bond donors (Lipinski definition) is 2. The molecule has 0 aliphatic carbocycles. The van der Waals surface area contributed by atoms with Crippen molar-refractivity contribution in [2.24, 2.45) is 4.99 Å². The zero-order chi connectivity index (χ0) is 22.1. The summed E-state index contributed by atoms with van der Waals surface area (Å²) in [7, 11) is 0. The highest BCUT2D eigenvalue weighted by Crippen LogP contribution is 2.34. The number of amides is 1. The average molecular weight is 432 g/mol. The van der Waals surface area contributed by atoms with Crippen LogP contribution in [0.4, 0.5) is 0 Å². The molecule has 0 spiro atoms. The van der Waals surface area contributed by atoms with Crippen molar-refractivity contribution in [1.29, 1.82) is 0 Å². The van der Waals surface area contributed by atoms with Crippen molar-refractivity contribution in [2.75, 3.05) is 39.3 Å². The Morgan fingerprint density at radius 2 is 1.75 bits per heavy atom. The number of carbonyl (C=O) groups excluding carboxylic acids is 1. The van der Waals surface area contributed by atoms with Crippen LogP contribution in [0.5, 0.6) is 5.75 Å². The molecule has 0 aromatic heterocycles. The van der Waals surface area contributed by atoms with E-state index in [4.69, 9.17) is 4.99 Å². The Kier molecular flexibility index (Phi) is 5.47. The molecule has 2 aromatic rings. The molecule has 2 aromatic carbocycles. The molecule has 1 saturated heterocycles. The number of fused-ring (bicyclic) bond motifs is 1. The summed E-state index contributed by atoms with van der Waals surface area (Å²) in [5.41, 5.74) is 4.68. The third kappa shape index (κ3) is 3.90. The van der Waals surface area contributed by atoms with Crippen molar-refractivity contribution in [3.05, 3.63) is 71.4 Å². The Bertz CT molecular complexity index is 1040. The predicted octanol–water partition coefficient (Wildman–Crippen LogP) is 2.11. The van der Waals surface area contributed by atoms with Crippen molar-refractivity contribution in [1.82, 2.24) is 20.0 Å². The first-order chi connectivity index (χ1) is 15.6. The van der Waals surface area contributed by atoms with E-state index in [-0.39, 0.29) is 17.8 Å². The molecule has 2 N–H and O–H groups in total. The van der Waals surface area contributed by atoms with Gasteiger partial charge in [-0.2, -0.15) is 0 Å². The molecule has 7 nitrogen and oxygen atoms in total. The molecule has 166 valence electrons. The summed E-state index contributed by atoms with van der Waals surface area (Å²) in [6.07, 6.45) is 0.783. The minimum atomic E-state index is -0.0184. The number of benzene rings is 2. The monoisotopic (exact) mass is 431 g/mol. The third-order valence-electron chi connectivity index (χ3n) is 6.47. The second-order valence-corrected chi connectivity index (χ2v) is 8.51. The predicted molar refractivity (Wildman–Crippen MR) is 125 cm³/mol. The number of aromatic hydroxyl groups is 1. The highest BCUT2D eigenvalue weighted by Gasteiger charge is 2.39. The first-order valence-electron chi connectivity index (χ1n) is 11.2. The van der Waals surface area contributed by atoms with Crippen LogP contribution in [0.3, 0.4) is 0 Å². The fourth-order valence-corrected chi connectivity index (χ4v) is 4.83. The molecule has 7 heteroatoms. The largest absolute Gasteiger partial charge is 0.508 e. The second-order valence-electron chi connectivity index (χ2n) is 8.51. The van der Waals surface area contributed by atoms with E-state index in [9.17, 15) is 9.90 Å². The summed E-state index contributed by atoms with van der Waals surface area (Å²) in [6.45, 7) is 6.27. The van der Waals surface area contributed by atoms with Crippen LogP contribution in [0.1, 0.15) is 18.1 Å². The number of nitrogens with one attached hydrogen (secondary N) is 1. The smallest absolute Gasteiger partial charge is 0.219 e. The third-order valence-corrected chi connectivity index (χ3v) is 6.47. The van der Waals surface area contributed by atoms with E-state index in [1.54, 1.807) is 19.1 Å². The van der Waals surface area contributed by atoms with Gasteiger partial charge >= 0.3 is 0 Å². The van der Waals surface area contributed by atoms with Gasteiger partial charge in [0.1, 0.15) is 11.6 Å². The molecule has 1 fully saturated rings. The number of hydrogen-bond acceptors (Lipinski definition) is 6. The standard InChI is InChI=1S/C25H29N5O2/c1-18(31)28-13-15-29(16-14-28)24-25-27-22(17-19-5-3-2-4-6-19)23(30(25)12-11-26-24)20-7-9-21(32)10-8-20/h2-10,25,27,32H,11-17H2,1H3. The van der Waals surface area contributed by atoms with Crippen molar-refractivity contribution in [2.45, 2.75) is 19.5 Å². The summed E-state index contributed by atoms with van der Waals surface area (Å²) < 4.78 is 0. The normalized spacial score (nSPS) is 20.7. The van der Waals surface area contributed by atoms with E-state index >= 15 is 0 Å². The fraction of sp³-hybridized carbons (Fsp3) is 0.360. The molecule has 0 radical (unpaired) electrons. The number of nitrogens with zero attached hydrogens (tertiary/aromatic N) is 4. The number of allylic oxidation sites excluding steroid dienone is 1. The minimum Gasteiger partial charge on any atom is -0.508 e. The average Bonchev–Trinajstić information content (AvgIpc) is 3.18. The van der Waals surface area contributed by atoms with Gasteiger partial charge in [0.25, 0.3) is 0 Å². The van der Waals surface area contributed by atoms with Gasteiger partial charge in [-0.05, 0) is 35.4 Å². The molecule has 0 bridgehead atoms. The van der Waals surface area contributed by atoms with Gasteiger partial charge in [-0.1, -0.05) is 30.3 Å². The lowest BCUT2D eigenvalue weighted by Gasteiger charge is -2.42. The lowest BCUT2D eigenvalue weighted by atomic mass is 10.0. The Hall–Kier alpha value is -3.48. The molecular formula is C25H29N5O2. The number of amidine groups is 1. The molecule has 5 rings (SSSR count). The van der Waals surface area contributed by atoms with Gasteiger partial charge in [-0.15, -0.1) is 0 Å². The summed E-state index contributed by atoms with van der Waals surface area (Å²) in [5.74, 6) is 1.46. The summed E-state index contributed by atoms with van der Waals surface area (Å²) in [6, 6.07) is 17.9. The zero-order valence-electron chi connectivity index (χ0n) is 18.4. The van der Waals surface area contributed by atoms with E-state index in [0.29, 0.717) is 0 Å². The van der Waals surface area contributed by atoms with Gasteiger partial charge < -0.3 is 25.1 Å². The summed E-state index contributed by atoms with van der Waals surface area (Å²) in [5, 5.41) is 13.6. The summed E-state index contributed by atoms with van der Waals surface area (Å²) in [4.78, 5) is 23.3. The Morgan fingerprint density at radius 1 is 1.03 bits per heavy atom. The molecule has 0 saturated carbocycles. The molecule has 3 heterocycles. The topological polar surface area (TPSA) is 71.4 Å².